The van der Waals surface area contributed by atoms with Crippen molar-refractivity contribution in [1.82, 2.24) is 0 Å². The Kier molecular flexibility index (Phi) is 4.27. The number of nitrogens with zero attached hydrogens (tertiary/aromatic N) is 1. The average molecular weight is 405 g/mol. The largest absolute Gasteiger partial charge is 0.452 e. The molecule has 3 aromatic carbocycles. The molecule has 0 radical (unpaired) electrons. The molecule has 5 heteroatoms. The maximum atomic E-state index is 13.5. The van der Waals surface area contributed by atoms with Crippen molar-refractivity contribution in [2.45, 2.75) is 6.92 Å². The molecule has 0 N–H and O–H groups in total. The molecule has 5 rings (SSSR count). The van der Waals surface area contributed by atoms with Gasteiger partial charge in [-0.1, -0.05) is 42.5 Å². The first kappa shape index (κ1) is 18.6. The molecule has 0 saturated carbocycles. The first-order chi connectivity index (χ1) is 15.1. The summed E-state index contributed by atoms with van der Waals surface area (Å²) in [4.78, 5) is 25.6. The van der Waals surface area contributed by atoms with Crippen molar-refractivity contribution < 1.29 is 13.6 Å². The van der Waals surface area contributed by atoms with Crippen LogP contribution in [0, 0.1) is 18.3 Å². The minimum absolute atomic E-state index is 0.132. The second-order valence-corrected chi connectivity index (χ2v) is 7.26. The molecule has 0 unspecified atom stereocenters. The van der Waals surface area contributed by atoms with Crippen LogP contribution in [0.1, 0.15) is 27.2 Å². The number of carbonyl (C=O) groups is 1. The Morgan fingerprint density at radius 1 is 0.935 bits per heavy atom. The van der Waals surface area contributed by atoms with Gasteiger partial charge in [-0.15, -0.1) is 0 Å². The highest BCUT2D eigenvalue weighted by molar-refractivity contribution is 6.20. The number of aryl methyl sites for hydroxylation is 1. The van der Waals surface area contributed by atoms with Crippen LogP contribution in [0.15, 0.2) is 86.4 Å². The standard InChI is InChI=1S/C26H15NO4/c1-15-12-21(28)31-25-19(15)10-11-20-23(25)22(17-7-3-2-4-8-17)26(30-20)24(29)18-9-5-6-16(13-18)14-27/h2-13H,1H3. The molecule has 5 aromatic rings. The van der Waals surface area contributed by atoms with Crippen LogP contribution in [-0.4, -0.2) is 5.78 Å². The maximum Gasteiger partial charge on any atom is 0.336 e. The Morgan fingerprint density at radius 2 is 1.74 bits per heavy atom. The van der Waals surface area contributed by atoms with Gasteiger partial charge in [-0.25, -0.2) is 4.79 Å². The van der Waals surface area contributed by atoms with E-state index >= 15 is 0 Å². The van der Waals surface area contributed by atoms with Crippen LogP contribution in [0.4, 0.5) is 0 Å². The van der Waals surface area contributed by atoms with E-state index in [1.807, 2.05) is 43.3 Å². The Balaban J connectivity index is 1.89. The zero-order valence-corrected chi connectivity index (χ0v) is 16.5. The summed E-state index contributed by atoms with van der Waals surface area (Å²) in [6.45, 7) is 1.84. The molecule has 0 saturated heterocycles. The number of nitriles is 1. The monoisotopic (exact) mass is 405 g/mol. The molecule has 5 nitrogen and oxygen atoms in total. The number of hydrogen-bond acceptors (Lipinski definition) is 5. The third kappa shape index (κ3) is 3.02. The minimum Gasteiger partial charge on any atom is -0.452 e. The Labute approximate surface area is 176 Å². The fourth-order valence-electron chi connectivity index (χ4n) is 3.86. The summed E-state index contributed by atoms with van der Waals surface area (Å²) in [7, 11) is 0. The number of furan rings is 1. The summed E-state index contributed by atoms with van der Waals surface area (Å²) < 4.78 is 11.6. The van der Waals surface area contributed by atoms with Gasteiger partial charge in [0.2, 0.25) is 5.78 Å². The average Bonchev–Trinajstić information content (AvgIpc) is 3.19. The zero-order valence-electron chi connectivity index (χ0n) is 16.5. The van der Waals surface area contributed by atoms with Gasteiger partial charge in [-0.05, 0) is 42.3 Å². The molecular weight excluding hydrogens is 390 g/mol. The van der Waals surface area contributed by atoms with E-state index in [0.29, 0.717) is 33.2 Å². The number of hydrogen-bond donors (Lipinski definition) is 0. The van der Waals surface area contributed by atoms with Gasteiger partial charge < -0.3 is 8.83 Å². The summed E-state index contributed by atoms with van der Waals surface area (Å²) in [5.41, 5.74) is 3.19. The summed E-state index contributed by atoms with van der Waals surface area (Å²) in [6, 6.07) is 22.9. The van der Waals surface area contributed by atoms with E-state index in [-0.39, 0.29) is 11.5 Å². The van der Waals surface area contributed by atoms with Crippen LogP contribution >= 0.6 is 0 Å². The molecule has 0 bridgehead atoms. The number of fused-ring (bicyclic) bond motifs is 3. The molecule has 148 valence electrons. The second kappa shape index (κ2) is 7.12. The molecule has 0 aliphatic carbocycles. The molecule has 0 spiro atoms. The van der Waals surface area contributed by atoms with Crippen LogP contribution < -0.4 is 5.63 Å². The van der Waals surface area contributed by atoms with Crippen LogP contribution in [0.25, 0.3) is 33.1 Å². The van der Waals surface area contributed by atoms with Crippen molar-refractivity contribution in [2.75, 3.05) is 0 Å². The number of rotatable bonds is 3. The predicted octanol–water partition coefficient (Wildman–Crippen LogP) is 5.62. The number of ketones is 1. The third-order valence-electron chi connectivity index (χ3n) is 5.29. The lowest BCUT2D eigenvalue weighted by Gasteiger charge is -2.05. The maximum absolute atomic E-state index is 13.5. The molecule has 0 amide bonds. The van der Waals surface area contributed by atoms with Gasteiger partial charge in [0, 0.05) is 22.6 Å². The molecule has 0 atom stereocenters. The van der Waals surface area contributed by atoms with Gasteiger partial charge in [0.1, 0.15) is 11.2 Å². The van der Waals surface area contributed by atoms with Crippen LogP contribution in [-0.2, 0) is 0 Å². The van der Waals surface area contributed by atoms with Crippen molar-refractivity contribution in [3.05, 3.63) is 106 Å². The van der Waals surface area contributed by atoms with E-state index in [1.165, 1.54) is 12.1 Å². The van der Waals surface area contributed by atoms with Crippen LogP contribution in [0.5, 0.6) is 0 Å². The lowest BCUT2D eigenvalue weighted by Crippen LogP contribution is -2.02. The summed E-state index contributed by atoms with van der Waals surface area (Å²) in [5, 5.41) is 10.6. The van der Waals surface area contributed by atoms with Crippen molar-refractivity contribution in [3.63, 3.8) is 0 Å². The SMILES string of the molecule is Cc1cc(=O)oc2c1ccc1oc(C(=O)c3cccc(C#N)c3)c(-c3ccccc3)c12. The fourth-order valence-corrected chi connectivity index (χ4v) is 3.86. The van der Waals surface area contributed by atoms with Gasteiger partial charge in [0.05, 0.1) is 17.0 Å². The van der Waals surface area contributed by atoms with Crippen LogP contribution in [0.3, 0.4) is 0 Å². The Bertz CT molecular complexity index is 1580. The van der Waals surface area contributed by atoms with Gasteiger partial charge in [-0.2, -0.15) is 5.26 Å². The lowest BCUT2D eigenvalue weighted by molar-refractivity contribution is 0.101. The van der Waals surface area contributed by atoms with Gasteiger partial charge in [0.15, 0.2) is 5.76 Å². The summed E-state index contributed by atoms with van der Waals surface area (Å²) >= 11 is 0. The van der Waals surface area contributed by atoms with E-state index < -0.39 is 5.63 Å². The number of carbonyl (C=O) groups excluding carboxylic acids is 1. The van der Waals surface area contributed by atoms with E-state index in [2.05, 4.69) is 6.07 Å². The smallest absolute Gasteiger partial charge is 0.336 e. The minimum atomic E-state index is -0.465. The lowest BCUT2D eigenvalue weighted by atomic mass is 9.96. The van der Waals surface area contributed by atoms with Gasteiger partial charge >= 0.3 is 5.63 Å². The third-order valence-corrected chi connectivity index (χ3v) is 5.29. The topological polar surface area (TPSA) is 84.2 Å². The van der Waals surface area contributed by atoms with Gasteiger partial charge in [-0.3, -0.25) is 4.79 Å². The molecule has 0 aliphatic heterocycles. The van der Waals surface area contributed by atoms with Crippen LogP contribution in [0.2, 0.25) is 0 Å². The van der Waals surface area contributed by atoms with Crippen molar-refractivity contribution >= 4 is 27.7 Å². The quantitative estimate of drug-likeness (QED) is 0.287. The molecule has 2 heterocycles. The van der Waals surface area contributed by atoms with Crippen molar-refractivity contribution in [1.29, 1.82) is 5.26 Å². The van der Waals surface area contributed by atoms with E-state index in [1.54, 1.807) is 24.3 Å². The fraction of sp³-hybridized carbons (Fsp3) is 0.0385. The Morgan fingerprint density at radius 3 is 2.52 bits per heavy atom. The van der Waals surface area contributed by atoms with Crippen molar-refractivity contribution in [2.24, 2.45) is 0 Å². The summed E-state index contributed by atoms with van der Waals surface area (Å²) in [5.74, 6) is -0.219. The molecular formula is C26H15NO4. The van der Waals surface area contributed by atoms with E-state index in [9.17, 15) is 14.9 Å². The zero-order chi connectivity index (χ0) is 21.5. The number of benzene rings is 3. The molecule has 2 aromatic heterocycles. The van der Waals surface area contributed by atoms with E-state index in [0.717, 1.165) is 16.5 Å². The highest BCUT2D eigenvalue weighted by atomic mass is 16.4. The summed E-state index contributed by atoms with van der Waals surface area (Å²) in [6.07, 6.45) is 0. The molecule has 0 aliphatic rings. The molecule has 31 heavy (non-hydrogen) atoms. The highest BCUT2D eigenvalue weighted by Crippen LogP contribution is 2.40. The molecule has 0 fully saturated rings. The van der Waals surface area contributed by atoms with Gasteiger partial charge in [0.25, 0.3) is 0 Å². The van der Waals surface area contributed by atoms with Crippen molar-refractivity contribution in [3.8, 4) is 17.2 Å². The first-order valence-electron chi connectivity index (χ1n) is 9.67. The highest BCUT2D eigenvalue weighted by Gasteiger charge is 2.26. The second-order valence-electron chi connectivity index (χ2n) is 7.26. The predicted molar refractivity (Wildman–Crippen MR) is 117 cm³/mol. The normalized spacial score (nSPS) is 11.0. The van der Waals surface area contributed by atoms with E-state index in [4.69, 9.17) is 8.83 Å². The Hall–Kier alpha value is -4.43. The first-order valence-corrected chi connectivity index (χ1v) is 9.67.